The van der Waals surface area contributed by atoms with Crippen molar-refractivity contribution < 1.29 is 0 Å². The van der Waals surface area contributed by atoms with Crippen molar-refractivity contribution in [2.75, 3.05) is 6.54 Å². The van der Waals surface area contributed by atoms with Gasteiger partial charge in [0.2, 0.25) is 0 Å². The molecule has 0 aromatic carbocycles. The van der Waals surface area contributed by atoms with E-state index in [2.05, 4.69) is 15.5 Å². The highest BCUT2D eigenvalue weighted by Gasteiger charge is 1.96. The average Bonchev–Trinajstić information content (AvgIpc) is 2.83. The van der Waals surface area contributed by atoms with E-state index in [1.165, 1.54) is 5.56 Å². The molecule has 1 N–H and O–H groups in total. The Morgan fingerprint density at radius 1 is 1.44 bits per heavy atom. The van der Waals surface area contributed by atoms with E-state index in [1.54, 1.807) is 0 Å². The summed E-state index contributed by atoms with van der Waals surface area (Å²) in [6, 6.07) is 2.02. The van der Waals surface area contributed by atoms with E-state index in [0.717, 1.165) is 25.3 Å². The van der Waals surface area contributed by atoms with E-state index in [-0.39, 0.29) is 0 Å². The maximum atomic E-state index is 4.29. The first kappa shape index (κ1) is 10.9. The lowest BCUT2D eigenvalue weighted by Gasteiger charge is -2.02. The van der Waals surface area contributed by atoms with Gasteiger partial charge in [0.05, 0.1) is 18.4 Å². The van der Waals surface area contributed by atoms with Crippen molar-refractivity contribution in [2.45, 2.75) is 20.0 Å². The van der Waals surface area contributed by atoms with Gasteiger partial charge in [0.1, 0.15) is 0 Å². The van der Waals surface area contributed by atoms with E-state index < -0.39 is 0 Å². The first-order valence-corrected chi connectivity index (χ1v) is 5.42. The lowest BCUT2D eigenvalue weighted by atomic mass is 10.4. The number of hydrogen-bond acceptors (Lipinski definition) is 3. The summed E-state index contributed by atoms with van der Waals surface area (Å²) < 4.78 is 3.76. The lowest BCUT2D eigenvalue weighted by Crippen LogP contribution is -2.20. The number of hydrogen-bond donors (Lipinski definition) is 1. The quantitative estimate of drug-likeness (QED) is 0.754. The molecule has 0 aliphatic carbocycles. The summed E-state index contributed by atoms with van der Waals surface area (Å²) >= 11 is 0. The van der Waals surface area contributed by atoms with Crippen LogP contribution in [0, 0.1) is 6.92 Å². The molecule has 0 saturated carbocycles. The zero-order valence-electron chi connectivity index (χ0n) is 9.72. The Balaban J connectivity index is 1.69. The molecule has 0 atom stereocenters. The number of nitrogens with one attached hydrogen (secondary N) is 1. The van der Waals surface area contributed by atoms with Crippen LogP contribution in [0.15, 0.2) is 24.7 Å². The van der Waals surface area contributed by atoms with Crippen LogP contribution in [0.2, 0.25) is 0 Å². The fraction of sp³-hybridized carbons (Fsp3) is 0.455. The highest BCUT2D eigenvalue weighted by Crippen LogP contribution is 1.94. The van der Waals surface area contributed by atoms with Crippen molar-refractivity contribution in [1.82, 2.24) is 24.9 Å². The first-order valence-electron chi connectivity index (χ1n) is 5.42. The molecule has 0 saturated heterocycles. The minimum absolute atomic E-state index is 0.807. The van der Waals surface area contributed by atoms with Crippen LogP contribution >= 0.6 is 0 Å². The SMILES string of the molecule is Cc1cnn(CCNCc2ccn(C)n2)c1. The maximum Gasteiger partial charge on any atom is 0.0762 e. The Hall–Kier alpha value is -1.62. The fourth-order valence-corrected chi connectivity index (χ4v) is 1.56. The van der Waals surface area contributed by atoms with E-state index in [0.29, 0.717) is 0 Å². The summed E-state index contributed by atoms with van der Waals surface area (Å²) in [6.45, 7) is 4.64. The molecule has 0 spiro atoms. The van der Waals surface area contributed by atoms with Crippen LogP contribution in [0.5, 0.6) is 0 Å². The van der Waals surface area contributed by atoms with Gasteiger partial charge in [-0.2, -0.15) is 10.2 Å². The lowest BCUT2D eigenvalue weighted by molar-refractivity contribution is 0.549. The van der Waals surface area contributed by atoms with Gasteiger partial charge in [-0.1, -0.05) is 0 Å². The Bertz CT molecular complexity index is 400. The topological polar surface area (TPSA) is 47.7 Å². The Morgan fingerprint density at radius 3 is 2.94 bits per heavy atom. The molecule has 0 fully saturated rings. The second-order valence-electron chi connectivity index (χ2n) is 3.94. The second-order valence-corrected chi connectivity index (χ2v) is 3.94. The second kappa shape index (κ2) is 4.94. The molecule has 5 nitrogen and oxygen atoms in total. The summed E-state index contributed by atoms with van der Waals surface area (Å²) in [6.07, 6.45) is 5.87. The molecule has 2 rings (SSSR count). The predicted octanol–water partition coefficient (Wildman–Crippen LogP) is 0.715. The molecule has 0 aliphatic rings. The summed E-state index contributed by atoms with van der Waals surface area (Å²) in [5.41, 5.74) is 2.27. The van der Waals surface area contributed by atoms with Gasteiger partial charge in [-0.15, -0.1) is 0 Å². The molecule has 0 amide bonds. The van der Waals surface area contributed by atoms with Gasteiger partial charge < -0.3 is 5.32 Å². The maximum absolute atomic E-state index is 4.29. The van der Waals surface area contributed by atoms with Crippen LogP contribution in [0.4, 0.5) is 0 Å². The van der Waals surface area contributed by atoms with Gasteiger partial charge in [-0.25, -0.2) is 0 Å². The van der Waals surface area contributed by atoms with Crippen molar-refractivity contribution in [2.24, 2.45) is 7.05 Å². The third-order valence-electron chi connectivity index (χ3n) is 2.35. The summed E-state index contributed by atoms with van der Waals surface area (Å²) in [4.78, 5) is 0. The number of aromatic nitrogens is 4. The van der Waals surface area contributed by atoms with Crippen molar-refractivity contribution >= 4 is 0 Å². The number of aryl methyl sites for hydroxylation is 2. The molecule has 2 heterocycles. The van der Waals surface area contributed by atoms with Crippen LogP contribution in [0.25, 0.3) is 0 Å². The zero-order valence-corrected chi connectivity index (χ0v) is 9.72. The van der Waals surface area contributed by atoms with E-state index in [9.17, 15) is 0 Å². The van der Waals surface area contributed by atoms with Gasteiger partial charge in [-0.05, 0) is 18.6 Å². The molecular weight excluding hydrogens is 202 g/mol. The summed E-state index contributed by atoms with van der Waals surface area (Å²) in [5, 5.41) is 11.8. The van der Waals surface area contributed by atoms with Crippen LogP contribution in [0.1, 0.15) is 11.3 Å². The fourth-order valence-electron chi connectivity index (χ4n) is 1.56. The molecule has 86 valence electrons. The van der Waals surface area contributed by atoms with Crippen LogP contribution in [-0.4, -0.2) is 26.1 Å². The third kappa shape index (κ3) is 2.93. The van der Waals surface area contributed by atoms with E-state index >= 15 is 0 Å². The highest BCUT2D eigenvalue weighted by molar-refractivity contribution is 4.99. The Morgan fingerprint density at radius 2 is 2.31 bits per heavy atom. The summed E-state index contributed by atoms with van der Waals surface area (Å²) in [7, 11) is 1.93. The molecule has 0 unspecified atom stereocenters. The minimum Gasteiger partial charge on any atom is -0.309 e. The molecule has 2 aromatic heterocycles. The molecule has 16 heavy (non-hydrogen) atoms. The minimum atomic E-state index is 0.807. The standard InChI is InChI=1S/C11H17N5/c1-10-7-13-16(9-10)6-4-12-8-11-3-5-15(2)14-11/h3,5,7,9,12H,4,6,8H2,1-2H3. The van der Waals surface area contributed by atoms with Gasteiger partial charge in [0.25, 0.3) is 0 Å². The van der Waals surface area contributed by atoms with Crippen LogP contribution < -0.4 is 5.32 Å². The van der Waals surface area contributed by atoms with Crippen molar-refractivity contribution in [3.05, 3.63) is 35.9 Å². The average molecular weight is 219 g/mol. The molecule has 2 aromatic rings. The van der Waals surface area contributed by atoms with Crippen molar-refractivity contribution in [1.29, 1.82) is 0 Å². The molecule has 0 aliphatic heterocycles. The van der Waals surface area contributed by atoms with Gasteiger partial charge in [0, 0.05) is 32.5 Å². The highest BCUT2D eigenvalue weighted by atomic mass is 15.3. The Labute approximate surface area is 95.1 Å². The van der Waals surface area contributed by atoms with Crippen LogP contribution in [-0.2, 0) is 20.1 Å². The van der Waals surface area contributed by atoms with Gasteiger partial charge in [0.15, 0.2) is 0 Å². The normalized spacial score (nSPS) is 10.9. The van der Waals surface area contributed by atoms with Gasteiger partial charge >= 0.3 is 0 Å². The molecule has 0 bridgehead atoms. The third-order valence-corrected chi connectivity index (χ3v) is 2.35. The summed E-state index contributed by atoms with van der Waals surface area (Å²) in [5.74, 6) is 0. The molecule has 0 radical (unpaired) electrons. The predicted molar refractivity (Wildman–Crippen MR) is 61.9 cm³/mol. The van der Waals surface area contributed by atoms with Crippen LogP contribution in [0.3, 0.4) is 0 Å². The van der Waals surface area contributed by atoms with Gasteiger partial charge in [-0.3, -0.25) is 9.36 Å². The number of nitrogens with zero attached hydrogens (tertiary/aromatic N) is 4. The van der Waals surface area contributed by atoms with E-state index in [4.69, 9.17) is 0 Å². The monoisotopic (exact) mass is 219 g/mol. The Kier molecular flexibility index (Phi) is 3.36. The zero-order chi connectivity index (χ0) is 11.4. The smallest absolute Gasteiger partial charge is 0.0762 e. The first-order chi connectivity index (χ1) is 7.74. The van der Waals surface area contributed by atoms with Crippen molar-refractivity contribution in [3.8, 4) is 0 Å². The molecular formula is C11H17N5. The molecule has 5 heteroatoms. The number of rotatable bonds is 5. The largest absolute Gasteiger partial charge is 0.309 e. The van der Waals surface area contributed by atoms with E-state index in [1.807, 2.05) is 48.0 Å². The van der Waals surface area contributed by atoms with Crippen molar-refractivity contribution in [3.63, 3.8) is 0 Å².